The van der Waals surface area contributed by atoms with Crippen molar-refractivity contribution < 1.29 is 14.7 Å². The largest absolute Gasteiger partial charge is 0.503 e. The number of para-hydroxylation sites is 1. The van der Waals surface area contributed by atoms with E-state index >= 15 is 0 Å². The minimum atomic E-state index is -0.527. The molecular formula is C19H22N2O3. The van der Waals surface area contributed by atoms with E-state index in [-0.39, 0.29) is 17.8 Å². The minimum Gasteiger partial charge on any atom is -0.503 e. The molecule has 1 aliphatic rings. The maximum atomic E-state index is 12.5. The highest BCUT2D eigenvalue weighted by Crippen LogP contribution is 2.42. The predicted octanol–water partition coefficient (Wildman–Crippen LogP) is 3.56. The number of hydrogen-bond donors (Lipinski definition) is 2. The zero-order valence-corrected chi connectivity index (χ0v) is 14.2. The van der Waals surface area contributed by atoms with Gasteiger partial charge in [0.05, 0.1) is 11.6 Å². The Kier molecular flexibility index (Phi) is 4.18. The molecule has 1 unspecified atom stereocenters. The lowest BCUT2D eigenvalue weighted by Crippen LogP contribution is -2.32. The number of nitrogens with zero attached hydrogens (tertiary/aromatic N) is 1. The van der Waals surface area contributed by atoms with Crippen LogP contribution in [-0.2, 0) is 9.59 Å². The van der Waals surface area contributed by atoms with Gasteiger partial charge in [0.25, 0.3) is 5.91 Å². The second-order valence-corrected chi connectivity index (χ2v) is 6.15. The number of rotatable bonds is 5. The second kappa shape index (κ2) is 6.15. The molecule has 0 saturated heterocycles. The Morgan fingerprint density at radius 3 is 2.67 bits per heavy atom. The molecule has 5 heteroatoms. The van der Waals surface area contributed by atoms with E-state index in [9.17, 15) is 14.7 Å². The molecule has 24 heavy (non-hydrogen) atoms. The third-order valence-corrected chi connectivity index (χ3v) is 4.61. The Balaban J connectivity index is 2.25. The monoisotopic (exact) mass is 326 g/mol. The molecule has 0 saturated carbocycles. The summed E-state index contributed by atoms with van der Waals surface area (Å²) in [6.07, 6.45) is 1.01. The summed E-state index contributed by atoms with van der Waals surface area (Å²) in [7, 11) is 0. The van der Waals surface area contributed by atoms with E-state index in [1.54, 1.807) is 11.8 Å². The summed E-state index contributed by atoms with van der Waals surface area (Å²) in [5, 5.41) is 11.3. The first kappa shape index (κ1) is 16.3. The first-order valence-electron chi connectivity index (χ1n) is 8.35. The van der Waals surface area contributed by atoms with Gasteiger partial charge in [-0.3, -0.25) is 9.59 Å². The van der Waals surface area contributed by atoms with Gasteiger partial charge in [0.15, 0.2) is 11.5 Å². The maximum absolute atomic E-state index is 12.5. The number of nitrogens with one attached hydrogen (secondary N) is 1. The number of ketones is 1. The summed E-state index contributed by atoms with van der Waals surface area (Å²) >= 11 is 0. The zero-order chi connectivity index (χ0) is 17.4. The second-order valence-electron chi connectivity index (χ2n) is 6.15. The summed E-state index contributed by atoms with van der Waals surface area (Å²) in [5.74, 6) is -1.04. The Labute approximate surface area is 141 Å². The maximum Gasteiger partial charge on any atom is 0.290 e. The van der Waals surface area contributed by atoms with Crippen LogP contribution >= 0.6 is 0 Å². The molecular weight excluding hydrogens is 304 g/mol. The van der Waals surface area contributed by atoms with Crippen molar-refractivity contribution in [3.63, 3.8) is 0 Å². The average Bonchev–Trinajstić information content (AvgIpc) is 3.02. The number of amides is 1. The van der Waals surface area contributed by atoms with E-state index in [1.807, 2.05) is 38.1 Å². The van der Waals surface area contributed by atoms with Crippen molar-refractivity contribution in [1.29, 1.82) is 0 Å². The molecule has 2 N–H and O–H groups in total. The summed E-state index contributed by atoms with van der Waals surface area (Å²) in [5.41, 5.74) is 2.99. The Morgan fingerprint density at radius 2 is 2.00 bits per heavy atom. The van der Waals surface area contributed by atoms with Gasteiger partial charge in [-0.2, -0.15) is 0 Å². The SMILES string of the molecule is CCCN1C(=O)C(O)=C(C(=O)CC)C1c1c(C)[nH]c2ccccc12. The van der Waals surface area contributed by atoms with Gasteiger partial charge < -0.3 is 15.0 Å². The lowest BCUT2D eigenvalue weighted by atomic mass is 9.93. The molecule has 0 spiro atoms. The van der Waals surface area contributed by atoms with Crippen LogP contribution in [0.3, 0.4) is 0 Å². The molecule has 1 aromatic heterocycles. The van der Waals surface area contributed by atoms with Crippen molar-refractivity contribution in [1.82, 2.24) is 9.88 Å². The highest BCUT2D eigenvalue weighted by atomic mass is 16.3. The van der Waals surface area contributed by atoms with Crippen molar-refractivity contribution in [2.45, 2.75) is 39.7 Å². The fourth-order valence-electron chi connectivity index (χ4n) is 3.55. The minimum absolute atomic E-state index is 0.186. The number of carbonyl (C=O) groups excluding carboxylic acids is 2. The van der Waals surface area contributed by atoms with Crippen LogP contribution in [0.2, 0.25) is 0 Å². The summed E-state index contributed by atoms with van der Waals surface area (Å²) in [6.45, 7) is 6.15. The van der Waals surface area contributed by atoms with Crippen LogP contribution in [0.4, 0.5) is 0 Å². The fourth-order valence-corrected chi connectivity index (χ4v) is 3.55. The molecule has 3 rings (SSSR count). The molecule has 0 aliphatic carbocycles. The quantitative estimate of drug-likeness (QED) is 0.882. The Bertz CT molecular complexity index is 847. The standard InChI is InChI=1S/C19H22N2O3/c1-4-10-21-17(16(14(22)5-2)18(23)19(21)24)15-11(3)20-13-9-7-6-8-12(13)15/h6-9,17,20,23H,4-5,10H2,1-3H3. The van der Waals surface area contributed by atoms with Gasteiger partial charge in [0.2, 0.25) is 0 Å². The molecule has 1 atom stereocenters. The smallest absolute Gasteiger partial charge is 0.290 e. The van der Waals surface area contributed by atoms with E-state index < -0.39 is 17.7 Å². The van der Waals surface area contributed by atoms with Gasteiger partial charge in [-0.25, -0.2) is 0 Å². The van der Waals surface area contributed by atoms with Gasteiger partial charge >= 0.3 is 0 Å². The average molecular weight is 326 g/mol. The zero-order valence-electron chi connectivity index (χ0n) is 14.2. The Hall–Kier alpha value is -2.56. The first-order valence-corrected chi connectivity index (χ1v) is 8.35. The number of Topliss-reactive ketones (excluding diaryl/α,β-unsaturated/α-hetero) is 1. The van der Waals surface area contributed by atoms with Crippen LogP contribution in [0.1, 0.15) is 44.0 Å². The van der Waals surface area contributed by atoms with Crippen LogP contribution in [0.5, 0.6) is 0 Å². The number of aliphatic hydroxyl groups excluding tert-OH is 1. The Morgan fingerprint density at radius 1 is 1.29 bits per heavy atom. The number of aromatic nitrogens is 1. The van der Waals surface area contributed by atoms with Crippen molar-refractivity contribution in [3.8, 4) is 0 Å². The van der Waals surface area contributed by atoms with Gasteiger partial charge in [0.1, 0.15) is 0 Å². The van der Waals surface area contributed by atoms with E-state index in [4.69, 9.17) is 0 Å². The molecule has 1 aromatic carbocycles. The van der Waals surface area contributed by atoms with Crippen LogP contribution in [0.15, 0.2) is 35.6 Å². The summed E-state index contributed by atoms with van der Waals surface area (Å²) in [4.78, 5) is 29.9. The summed E-state index contributed by atoms with van der Waals surface area (Å²) < 4.78 is 0. The number of benzene rings is 1. The number of hydrogen-bond acceptors (Lipinski definition) is 3. The van der Waals surface area contributed by atoms with Crippen molar-refractivity contribution in [3.05, 3.63) is 46.9 Å². The topological polar surface area (TPSA) is 73.4 Å². The molecule has 0 radical (unpaired) electrons. The number of aryl methyl sites for hydroxylation is 1. The molecule has 0 bridgehead atoms. The predicted molar refractivity (Wildman–Crippen MR) is 92.7 cm³/mol. The van der Waals surface area contributed by atoms with Gasteiger partial charge in [-0.05, 0) is 19.4 Å². The van der Waals surface area contributed by atoms with E-state index in [2.05, 4.69) is 4.98 Å². The number of fused-ring (bicyclic) bond motifs is 1. The fraction of sp³-hybridized carbons (Fsp3) is 0.368. The lowest BCUT2D eigenvalue weighted by Gasteiger charge is -2.26. The highest BCUT2D eigenvalue weighted by molar-refractivity contribution is 6.09. The number of carbonyl (C=O) groups is 2. The van der Waals surface area contributed by atoms with E-state index in [0.717, 1.165) is 28.6 Å². The number of H-pyrrole nitrogens is 1. The van der Waals surface area contributed by atoms with Crippen molar-refractivity contribution in [2.24, 2.45) is 0 Å². The van der Waals surface area contributed by atoms with E-state index in [0.29, 0.717) is 6.54 Å². The lowest BCUT2D eigenvalue weighted by molar-refractivity contribution is -0.129. The molecule has 2 heterocycles. The highest BCUT2D eigenvalue weighted by Gasteiger charge is 2.43. The van der Waals surface area contributed by atoms with Crippen LogP contribution in [-0.4, -0.2) is 33.2 Å². The van der Waals surface area contributed by atoms with Crippen LogP contribution < -0.4 is 0 Å². The molecule has 126 valence electrons. The normalized spacial score (nSPS) is 18.0. The van der Waals surface area contributed by atoms with Crippen LogP contribution in [0, 0.1) is 6.92 Å². The molecule has 1 aliphatic heterocycles. The van der Waals surface area contributed by atoms with Crippen molar-refractivity contribution >= 4 is 22.6 Å². The van der Waals surface area contributed by atoms with Gasteiger partial charge in [-0.15, -0.1) is 0 Å². The van der Waals surface area contributed by atoms with Crippen LogP contribution in [0.25, 0.3) is 10.9 Å². The summed E-state index contributed by atoms with van der Waals surface area (Å²) in [6, 6.07) is 7.30. The molecule has 5 nitrogen and oxygen atoms in total. The molecule has 0 fully saturated rings. The third kappa shape index (κ3) is 2.31. The first-order chi connectivity index (χ1) is 11.5. The van der Waals surface area contributed by atoms with E-state index in [1.165, 1.54) is 0 Å². The third-order valence-electron chi connectivity index (χ3n) is 4.61. The molecule has 1 amide bonds. The van der Waals surface area contributed by atoms with Gasteiger partial charge in [0, 0.05) is 35.1 Å². The van der Waals surface area contributed by atoms with Gasteiger partial charge in [-0.1, -0.05) is 32.0 Å². The number of aromatic amines is 1. The number of aliphatic hydroxyl groups is 1. The van der Waals surface area contributed by atoms with Crippen molar-refractivity contribution in [2.75, 3.05) is 6.54 Å². The molecule has 2 aromatic rings.